The van der Waals surface area contributed by atoms with Crippen LogP contribution < -0.4 is 0 Å². The van der Waals surface area contributed by atoms with Gasteiger partial charge >= 0.3 is 5.97 Å². The molecule has 54 heavy (non-hydrogen) atoms. The molecule has 0 saturated carbocycles. The lowest BCUT2D eigenvalue weighted by Gasteiger charge is -2.27. The van der Waals surface area contributed by atoms with Gasteiger partial charge < -0.3 is 19.4 Å². The third kappa shape index (κ3) is 7.17. The number of fused-ring (bicyclic) bond motifs is 8. The maximum Gasteiger partial charge on any atom is 0.305 e. The summed E-state index contributed by atoms with van der Waals surface area (Å²) in [4.78, 5) is 60.7. The second-order valence-electron chi connectivity index (χ2n) is 15.2. The Labute approximate surface area is 319 Å². The fraction of sp³-hybridized carbons (Fsp3) is 0.523. The number of aromatic amines is 2. The zero-order valence-corrected chi connectivity index (χ0v) is 33.6. The van der Waals surface area contributed by atoms with Gasteiger partial charge in [0.25, 0.3) is 11.8 Å². The maximum absolute atomic E-state index is 14.8. The van der Waals surface area contributed by atoms with Gasteiger partial charge in [-0.15, -0.1) is 0 Å². The molecular weight excluding hydrogens is 679 g/mol. The van der Waals surface area contributed by atoms with Crippen LogP contribution in [0.15, 0.2) is 18.2 Å². The number of ether oxygens (including phenoxy) is 2. The Morgan fingerprint density at radius 2 is 1.57 bits per heavy atom. The second-order valence-corrected chi connectivity index (χ2v) is 15.2. The number of allylic oxidation sites excluding steroid dienone is 3. The van der Waals surface area contributed by atoms with E-state index in [9.17, 15) is 14.4 Å². The van der Waals surface area contributed by atoms with E-state index in [-0.39, 0.29) is 42.1 Å². The van der Waals surface area contributed by atoms with E-state index in [2.05, 4.69) is 70.6 Å². The van der Waals surface area contributed by atoms with Crippen molar-refractivity contribution in [2.45, 2.75) is 131 Å². The number of carbonyl (C=O) groups excluding carboxylic acids is 3. The first-order chi connectivity index (χ1) is 25.9. The van der Waals surface area contributed by atoms with E-state index in [1.165, 1.54) is 12.0 Å². The molecular formula is C44H57N5O5. The summed E-state index contributed by atoms with van der Waals surface area (Å²) in [5.41, 5.74) is 12.2. The Kier molecular flexibility index (Phi) is 11.9. The van der Waals surface area contributed by atoms with E-state index >= 15 is 0 Å². The van der Waals surface area contributed by atoms with E-state index in [1.54, 1.807) is 0 Å². The van der Waals surface area contributed by atoms with Gasteiger partial charge in [-0.3, -0.25) is 19.3 Å². The highest BCUT2D eigenvalue weighted by Crippen LogP contribution is 2.45. The van der Waals surface area contributed by atoms with E-state index in [0.29, 0.717) is 41.9 Å². The third-order valence-corrected chi connectivity index (χ3v) is 11.8. The number of nitrogens with one attached hydrogen (secondary N) is 2. The van der Waals surface area contributed by atoms with E-state index < -0.39 is 0 Å². The summed E-state index contributed by atoms with van der Waals surface area (Å²) in [6.45, 7) is 17.8. The summed E-state index contributed by atoms with van der Waals surface area (Å²) in [6.07, 6.45) is 7.01. The highest BCUT2D eigenvalue weighted by atomic mass is 16.5. The van der Waals surface area contributed by atoms with Crippen molar-refractivity contribution < 1.29 is 23.9 Å². The monoisotopic (exact) mass is 735 g/mol. The summed E-state index contributed by atoms with van der Waals surface area (Å²) >= 11 is 0. The Morgan fingerprint density at radius 1 is 0.870 bits per heavy atom. The summed E-state index contributed by atoms with van der Waals surface area (Å²) in [5.74, 6) is -1.24. The minimum Gasteiger partial charge on any atom is -0.469 e. The van der Waals surface area contributed by atoms with Gasteiger partial charge in [0.1, 0.15) is 0 Å². The number of aryl methyl sites for hydroxylation is 1. The standard InChI is InChI=1S/C44H57N5O5/c1-10-13-15-16-19-49-43(51)39-27(7)34-22-35-29(12-3)24(4)31(45-35)23-36-38(28(8)54-20-14-11-2)26(6)33(46-36)21-32-25(5)30(17-18-37(50)53-9)41(47-32)40(44(49)52)42(39)48-34/h21-23,25,28,30,47-48H,10-20H2,1-9H3/t25-,28?,30-/m0/s1. The molecule has 2 aromatic rings. The summed E-state index contributed by atoms with van der Waals surface area (Å²) in [7, 11) is 1.40. The molecule has 4 aliphatic heterocycles. The van der Waals surface area contributed by atoms with E-state index in [4.69, 9.17) is 19.4 Å². The molecule has 3 atom stereocenters. The van der Waals surface area contributed by atoms with Gasteiger partial charge in [-0.05, 0) is 93.9 Å². The first-order valence-corrected chi connectivity index (χ1v) is 20.0. The van der Waals surface area contributed by atoms with Gasteiger partial charge in [0.15, 0.2) is 0 Å². The molecule has 4 aliphatic rings. The quantitative estimate of drug-likeness (QED) is 0.112. The van der Waals surface area contributed by atoms with Crippen LogP contribution >= 0.6 is 0 Å². The third-order valence-electron chi connectivity index (χ3n) is 11.8. The molecule has 6 rings (SSSR count). The van der Waals surface area contributed by atoms with Crippen molar-refractivity contribution in [3.8, 4) is 0 Å². The average Bonchev–Trinajstić information content (AvgIpc) is 3.83. The Balaban J connectivity index is 1.70. The summed E-state index contributed by atoms with van der Waals surface area (Å²) in [6, 6.07) is 6.19. The van der Waals surface area contributed by atoms with Gasteiger partial charge in [0.2, 0.25) is 0 Å². The summed E-state index contributed by atoms with van der Waals surface area (Å²) in [5, 5.41) is 0. The molecule has 2 N–H and O–H groups in total. The summed E-state index contributed by atoms with van der Waals surface area (Å²) < 4.78 is 11.4. The lowest BCUT2D eigenvalue weighted by Crippen LogP contribution is -2.41. The molecule has 288 valence electrons. The van der Waals surface area contributed by atoms with Crippen LogP contribution in [0.2, 0.25) is 0 Å². The lowest BCUT2D eigenvalue weighted by molar-refractivity contribution is -0.140. The molecule has 1 unspecified atom stereocenters. The molecule has 8 bridgehead atoms. The molecule has 0 fully saturated rings. The molecule has 6 heterocycles. The Morgan fingerprint density at radius 3 is 2.28 bits per heavy atom. The number of esters is 1. The number of hydrogen-bond acceptors (Lipinski definition) is 7. The molecule has 0 aromatic carbocycles. The average molecular weight is 736 g/mol. The van der Waals surface area contributed by atoms with Crippen LogP contribution in [-0.2, 0) is 14.3 Å². The SMILES string of the molecule is CCCCCCN1C(=O)c2c3[nH]c(cc4nc(cc5nc(cc6[nH]c2c(c6C)C1=O)C(CC)=C5C)C(C(C)OCCCC)=C4C)[C@@H](C)[C@@H]3CCC(=O)OC. The van der Waals surface area contributed by atoms with Gasteiger partial charge in [0.05, 0.1) is 52.6 Å². The number of imide groups is 1. The van der Waals surface area contributed by atoms with Crippen molar-refractivity contribution in [3.63, 3.8) is 0 Å². The number of rotatable bonds is 14. The normalized spacial score (nSPS) is 18.1. The van der Waals surface area contributed by atoms with Crippen LogP contribution in [-0.4, -0.2) is 69.0 Å². The fourth-order valence-corrected chi connectivity index (χ4v) is 8.45. The topological polar surface area (TPSA) is 130 Å². The van der Waals surface area contributed by atoms with Crippen LogP contribution in [0.1, 0.15) is 179 Å². The lowest BCUT2D eigenvalue weighted by atomic mass is 9.84. The number of unbranched alkanes of at least 4 members (excludes halogenated alkanes) is 4. The number of aromatic nitrogens is 4. The van der Waals surface area contributed by atoms with Crippen LogP contribution in [0.25, 0.3) is 33.3 Å². The van der Waals surface area contributed by atoms with Gasteiger partial charge in [-0.2, -0.15) is 0 Å². The molecule has 2 aromatic heterocycles. The predicted octanol–water partition coefficient (Wildman–Crippen LogP) is 9.84. The van der Waals surface area contributed by atoms with E-state index in [0.717, 1.165) is 107 Å². The minimum absolute atomic E-state index is 0.0970. The first-order valence-electron chi connectivity index (χ1n) is 20.0. The van der Waals surface area contributed by atoms with Crippen molar-refractivity contribution >= 4 is 51.1 Å². The van der Waals surface area contributed by atoms with Crippen molar-refractivity contribution in [1.29, 1.82) is 0 Å². The van der Waals surface area contributed by atoms with Crippen molar-refractivity contribution in [3.05, 3.63) is 69.1 Å². The minimum atomic E-state index is -0.324. The number of hydrogen-bond donors (Lipinski definition) is 2. The van der Waals surface area contributed by atoms with E-state index in [1.807, 2.05) is 13.0 Å². The molecule has 0 aliphatic carbocycles. The highest BCUT2D eigenvalue weighted by Gasteiger charge is 2.40. The largest absolute Gasteiger partial charge is 0.469 e. The van der Waals surface area contributed by atoms with Crippen LogP contribution in [0.4, 0.5) is 0 Å². The van der Waals surface area contributed by atoms with Crippen LogP contribution in [0.5, 0.6) is 0 Å². The molecule has 10 heteroatoms. The Bertz CT molecular complexity index is 2100. The smallest absolute Gasteiger partial charge is 0.305 e. The Hall–Kier alpha value is -4.57. The zero-order valence-electron chi connectivity index (χ0n) is 33.6. The number of H-pyrrole nitrogens is 2. The second kappa shape index (κ2) is 16.4. The number of carbonyl (C=O) groups is 3. The van der Waals surface area contributed by atoms with Crippen molar-refractivity contribution in [2.75, 3.05) is 20.3 Å². The fourth-order valence-electron chi connectivity index (χ4n) is 8.45. The van der Waals surface area contributed by atoms with Crippen LogP contribution in [0.3, 0.4) is 0 Å². The molecule has 0 radical (unpaired) electrons. The number of nitrogens with zero attached hydrogens (tertiary/aromatic N) is 3. The molecule has 0 saturated heterocycles. The predicted molar refractivity (Wildman–Crippen MR) is 215 cm³/mol. The molecule has 0 spiro atoms. The van der Waals surface area contributed by atoms with Crippen molar-refractivity contribution in [2.24, 2.45) is 0 Å². The molecule has 2 amide bonds. The first kappa shape index (κ1) is 39.1. The van der Waals surface area contributed by atoms with Gasteiger partial charge in [-0.25, -0.2) is 9.97 Å². The van der Waals surface area contributed by atoms with Crippen LogP contribution in [0, 0.1) is 6.92 Å². The van der Waals surface area contributed by atoms with Crippen molar-refractivity contribution in [1.82, 2.24) is 24.8 Å². The zero-order chi connectivity index (χ0) is 38.8. The highest BCUT2D eigenvalue weighted by molar-refractivity contribution is 6.23. The number of methoxy groups -OCH3 is 1. The van der Waals surface area contributed by atoms with Gasteiger partial charge in [0, 0.05) is 53.9 Å². The number of amides is 2. The molecule has 10 nitrogen and oxygen atoms in total. The maximum atomic E-state index is 14.8. The van der Waals surface area contributed by atoms with Gasteiger partial charge in [-0.1, -0.05) is 53.4 Å².